The van der Waals surface area contributed by atoms with E-state index in [-0.39, 0.29) is 6.61 Å². The van der Waals surface area contributed by atoms with E-state index >= 15 is 0 Å². The Morgan fingerprint density at radius 2 is 1.90 bits per heavy atom. The highest BCUT2D eigenvalue weighted by Crippen LogP contribution is 2.25. The summed E-state index contributed by atoms with van der Waals surface area (Å²) in [5.41, 5.74) is 4.50. The van der Waals surface area contributed by atoms with Crippen LogP contribution in [0.4, 0.5) is 0 Å². The van der Waals surface area contributed by atoms with Crippen LogP contribution < -0.4 is 0 Å². The first kappa shape index (κ1) is 14.4. The Bertz CT molecular complexity index is 794. The summed E-state index contributed by atoms with van der Waals surface area (Å²) in [6.07, 6.45) is 2.37. The van der Waals surface area contributed by atoms with Crippen LogP contribution in [0.2, 0.25) is 10.0 Å². The summed E-state index contributed by atoms with van der Waals surface area (Å²) in [5.74, 6) is 0. The average molecular weight is 321 g/mol. The molecule has 3 aromatic rings. The third-order valence-corrected chi connectivity index (χ3v) is 3.95. The lowest BCUT2D eigenvalue weighted by Crippen LogP contribution is -1.98. The third-order valence-electron chi connectivity index (χ3n) is 3.47. The highest BCUT2D eigenvalue weighted by atomic mass is 35.5. The SMILES string of the molecule is Cc1ccc(Cc2nc3c(Cl)cc(Cl)cn3c2CO)cc1. The van der Waals surface area contributed by atoms with Gasteiger partial charge in [0.1, 0.15) is 0 Å². The van der Waals surface area contributed by atoms with Crippen LogP contribution in [0.5, 0.6) is 0 Å². The van der Waals surface area contributed by atoms with Gasteiger partial charge in [0, 0.05) is 12.6 Å². The van der Waals surface area contributed by atoms with Gasteiger partial charge in [-0.15, -0.1) is 0 Å². The molecule has 0 saturated carbocycles. The number of halogens is 2. The van der Waals surface area contributed by atoms with E-state index in [1.165, 1.54) is 5.56 Å². The number of aryl methyl sites for hydroxylation is 1. The number of rotatable bonds is 3. The van der Waals surface area contributed by atoms with E-state index < -0.39 is 0 Å². The van der Waals surface area contributed by atoms with Crippen molar-refractivity contribution in [1.29, 1.82) is 0 Å². The van der Waals surface area contributed by atoms with Gasteiger partial charge in [-0.2, -0.15) is 0 Å². The number of hydrogen-bond acceptors (Lipinski definition) is 2. The zero-order valence-electron chi connectivity index (χ0n) is 11.5. The van der Waals surface area contributed by atoms with Crippen molar-refractivity contribution in [1.82, 2.24) is 9.38 Å². The number of pyridine rings is 1. The van der Waals surface area contributed by atoms with Crippen LogP contribution in [0, 0.1) is 6.92 Å². The lowest BCUT2D eigenvalue weighted by atomic mass is 10.1. The molecule has 2 heterocycles. The Labute approximate surface area is 132 Å². The minimum Gasteiger partial charge on any atom is -0.390 e. The molecule has 0 fully saturated rings. The summed E-state index contributed by atoms with van der Waals surface area (Å²) in [6, 6.07) is 9.91. The lowest BCUT2D eigenvalue weighted by Gasteiger charge is -2.03. The van der Waals surface area contributed by atoms with Gasteiger partial charge < -0.3 is 5.11 Å². The second-order valence-corrected chi connectivity index (χ2v) is 5.87. The second kappa shape index (κ2) is 5.68. The third kappa shape index (κ3) is 2.77. The minimum absolute atomic E-state index is 0.112. The fourth-order valence-electron chi connectivity index (χ4n) is 2.38. The first-order valence-electron chi connectivity index (χ1n) is 6.59. The summed E-state index contributed by atoms with van der Waals surface area (Å²) in [5, 5.41) is 10.7. The van der Waals surface area contributed by atoms with E-state index in [2.05, 4.69) is 36.2 Å². The highest BCUT2D eigenvalue weighted by Gasteiger charge is 2.14. The standard InChI is InChI=1S/C16H14Cl2N2O/c1-10-2-4-11(5-3-10)6-14-15(9-21)20-8-12(17)7-13(18)16(20)19-14/h2-5,7-8,21H,6,9H2,1H3. The van der Waals surface area contributed by atoms with Crippen molar-refractivity contribution in [3.05, 3.63) is 69.1 Å². The fraction of sp³-hybridized carbons (Fsp3) is 0.188. The van der Waals surface area contributed by atoms with Crippen LogP contribution >= 0.6 is 23.2 Å². The Morgan fingerprint density at radius 3 is 2.57 bits per heavy atom. The van der Waals surface area contributed by atoms with E-state index in [9.17, 15) is 5.11 Å². The Morgan fingerprint density at radius 1 is 1.19 bits per heavy atom. The number of nitrogens with zero attached hydrogens (tertiary/aromatic N) is 2. The van der Waals surface area contributed by atoms with Crippen LogP contribution in [0.25, 0.3) is 5.65 Å². The number of benzene rings is 1. The van der Waals surface area contributed by atoms with E-state index in [0.717, 1.165) is 17.0 Å². The van der Waals surface area contributed by atoms with Gasteiger partial charge in [0.15, 0.2) is 5.65 Å². The number of fused-ring (bicyclic) bond motifs is 1. The Balaban J connectivity index is 2.09. The molecule has 3 nitrogen and oxygen atoms in total. The number of hydrogen-bond donors (Lipinski definition) is 1. The topological polar surface area (TPSA) is 37.5 Å². The maximum atomic E-state index is 9.66. The van der Waals surface area contributed by atoms with Crippen molar-refractivity contribution in [2.24, 2.45) is 0 Å². The van der Waals surface area contributed by atoms with Crippen LogP contribution in [-0.4, -0.2) is 14.5 Å². The first-order chi connectivity index (χ1) is 10.1. The molecule has 0 aliphatic rings. The maximum absolute atomic E-state index is 9.66. The maximum Gasteiger partial charge on any atom is 0.156 e. The molecule has 108 valence electrons. The largest absolute Gasteiger partial charge is 0.390 e. The molecular weight excluding hydrogens is 307 g/mol. The molecule has 0 spiro atoms. The summed E-state index contributed by atoms with van der Waals surface area (Å²) < 4.78 is 1.76. The number of imidazole rings is 1. The van der Waals surface area contributed by atoms with Crippen molar-refractivity contribution < 1.29 is 5.11 Å². The van der Waals surface area contributed by atoms with Crippen molar-refractivity contribution in [3.8, 4) is 0 Å². The Kier molecular flexibility index (Phi) is 3.89. The summed E-state index contributed by atoms with van der Waals surface area (Å²) in [4.78, 5) is 4.55. The summed E-state index contributed by atoms with van der Waals surface area (Å²) >= 11 is 12.2. The number of aliphatic hydroxyl groups is 1. The van der Waals surface area contributed by atoms with Gasteiger partial charge in [-0.05, 0) is 18.6 Å². The molecule has 0 radical (unpaired) electrons. The molecule has 5 heteroatoms. The molecule has 21 heavy (non-hydrogen) atoms. The van der Waals surface area contributed by atoms with Gasteiger partial charge in [0.2, 0.25) is 0 Å². The summed E-state index contributed by atoms with van der Waals surface area (Å²) in [6.45, 7) is 1.94. The zero-order valence-corrected chi connectivity index (χ0v) is 13.0. The molecule has 0 aliphatic heterocycles. The number of aromatic nitrogens is 2. The molecule has 0 unspecified atom stereocenters. The van der Waals surface area contributed by atoms with Gasteiger partial charge in [-0.3, -0.25) is 4.40 Å². The molecule has 2 aromatic heterocycles. The molecular formula is C16H14Cl2N2O. The predicted molar refractivity (Wildman–Crippen MR) is 85.1 cm³/mol. The second-order valence-electron chi connectivity index (χ2n) is 5.03. The fourth-order valence-corrected chi connectivity index (χ4v) is 2.89. The van der Waals surface area contributed by atoms with Gasteiger partial charge in [0.25, 0.3) is 0 Å². The van der Waals surface area contributed by atoms with E-state index in [1.54, 1.807) is 16.7 Å². The van der Waals surface area contributed by atoms with Crippen molar-refractivity contribution in [2.45, 2.75) is 20.0 Å². The molecule has 0 saturated heterocycles. The van der Waals surface area contributed by atoms with E-state index in [0.29, 0.717) is 22.1 Å². The average Bonchev–Trinajstić information content (AvgIpc) is 2.79. The predicted octanol–water partition coefficient (Wildman–Crippen LogP) is 4.03. The molecule has 1 aromatic carbocycles. The first-order valence-corrected chi connectivity index (χ1v) is 7.35. The van der Waals surface area contributed by atoms with Crippen LogP contribution in [0.3, 0.4) is 0 Å². The van der Waals surface area contributed by atoms with Gasteiger partial charge in [-0.25, -0.2) is 4.98 Å². The number of aliphatic hydroxyl groups excluding tert-OH is 1. The van der Waals surface area contributed by atoms with Gasteiger partial charge in [0.05, 0.1) is 28.0 Å². The molecule has 3 rings (SSSR count). The van der Waals surface area contributed by atoms with Crippen LogP contribution in [0.15, 0.2) is 36.5 Å². The smallest absolute Gasteiger partial charge is 0.156 e. The van der Waals surface area contributed by atoms with E-state index in [1.807, 2.05) is 0 Å². The molecule has 0 atom stereocenters. The molecule has 0 aliphatic carbocycles. The molecule has 0 amide bonds. The monoisotopic (exact) mass is 320 g/mol. The van der Waals surface area contributed by atoms with E-state index in [4.69, 9.17) is 23.2 Å². The minimum atomic E-state index is -0.112. The summed E-state index contributed by atoms with van der Waals surface area (Å²) in [7, 11) is 0. The lowest BCUT2D eigenvalue weighted by molar-refractivity contribution is 0.274. The van der Waals surface area contributed by atoms with Crippen molar-refractivity contribution in [2.75, 3.05) is 0 Å². The molecule has 1 N–H and O–H groups in total. The quantitative estimate of drug-likeness (QED) is 0.791. The Hall–Kier alpha value is -1.55. The zero-order chi connectivity index (χ0) is 15.0. The normalized spacial score (nSPS) is 11.2. The van der Waals surface area contributed by atoms with Crippen LogP contribution in [0.1, 0.15) is 22.5 Å². The van der Waals surface area contributed by atoms with Gasteiger partial charge >= 0.3 is 0 Å². The van der Waals surface area contributed by atoms with Crippen molar-refractivity contribution in [3.63, 3.8) is 0 Å². The van der Waals surface area contributed by atoms with Gasteiger partial charge in [-0.1, -0.05) is 53.0 Å². The molecule has 0 bridgehead atoms. The van der Waals surface area contributed by atoms with Crippen molar-refractivity contribution >= 4 is 28.8 Å². The van der Waals surface area contributed by atoms with Crippen LogP contribution in [-0.2, 0) is 13.0 Å². The highest BCUT2D eigenvalue weighted by molar-refractivity contribution is 6.36.